The second kappa shape index (κ2) is 10.5. The third-order valence-corrected chi connectivity index (χ3v) is 4.76. The van der Waals surface area contributed by atoms with E-state index in [0.717, 1.165) is 24.5 Å². The van der Waals surface area contributed by atoms with Crippen LogP contribution >= 0.6 is 24.0 Å². The van der Waals surface area contributed by atoms with Gasteiger partial charge in [0.05, 0.1) is 18.8 Å². The summed E-state index contributed by atoms with van der Waals surface area (Å²) in [6.45, 7) is 2.60. The molecule has 1 fully saturated rings. The zero-order chi connectivity index (χ0) is 18.4. The lowest BCUT2D eigenvalue weighted by molar-refractivity contribution is 0.409. The summed E-state index contributed by atoms with van der Waals surface area (Å²) in [4.78, 5) is 8.60. The van der Waals surface area contributed by atoms with E-state index in [-0.39, 0.29) is 36.3 Å². The number of nitrogens with zero attached hydrogens (tertiary/aromatic N) is 5. The molecule has 9 heteroatoms. The predicted molar refractivity (Wildman–Crippen MR) is 113 cm³/mol. The summed E-state index contributed by atoms with van der Waals surface area (Å²) in [6, 6.07) is 3.38. The Morgan fingerprint density at radius 1 is 1.30 bits per heavy atom. The Labute approximate surface area is 176 Å². The fraction of sp³-hybridized carbons (Fsp3) is 0.556. The molecule has 1 aliphatic carbocycles. The van der Waals surface area contributed by atoms with Gasteiger partial charge in [0, 0.05) is 19.3 Å². The van der Waals surface area contributed by atoms with Crippen LogP contribution in [0.2, 0.25) is 0 Å². The van der Waals surface area contributed by atoms with Gasteiger partial charge in [0.1, 0.15) is 11.6 Å². The Morgan fingerprint density at radius 2 is 2.07 bits per heavy atom. The van der Waals surface area contributed by atoms with Crippen LogP contribution in [-0.4, -0.2) is 31.7 Å². The van der Waals surface area contributed by atoms with Crippen LogP contribution in [0.1, 0.15) is 49.4 Å². The molecule has 0 unspecified atom stereocenters. The van der Waals surface area contributed by atoms with E-state index in [1.165, 1.54) is 25.3 Å². The highest BCUT2D eigenvalue weighted by Crippen LogP contribution is 2.17. The van der Waals surface area contributed by atoms with Gasteiger partial charge in [0.15, 0.2) is 11.8 Å². The molecule has 7 nitrogen and oxygen atoms in total. The van der Waals surface area contributed by atoms with Gasteiger partial charge in [-0.2, -0.15) is 0 Å². The average molecular weight is 487 g/mol. The summed E-state index contributed by atoms with van der Waals surface area (Å²) >= 11 is 0. The molecule has 0 radical (unpaired) electrons. The number of nitrogens with one attached hydrogen (secondary N) is 2. The standard InChI is InChI=1S/C18H26FN7.HI/c1-13-24-25-17(26(13)2)12-22-18(23-14-7-4-3-5-8-14)21-11-16-15(19)9-6-10-20-16;/h6,9-10,14H,3-5,7-8,11-12H2,1-2H3,(H2,21,22,23);1H. The van der Waals surface area contributed by atoms with E-state index < -0.39 is 0 Å². The van der Waals surface area contributed by atoms with Gasteiger partial charge >= 0.3 is 0 Å². The van der Waals surface area contributed by atoms with Crippen molar-refractivity contribution >= 4 is 29.9 Å². The van der Waals surface area contributed by atoms with Gasteiger partial charge in [-0.25, -0.2) is 9.38 Å². The van der Waals surface area contributed by atoms with Gasteiger partial charge in [-0.3, -0.25) is 4.98 Å². The van der Waals surface area contributed by atoms with E-state index >= 15 is 0 Å². The molecular formula is C18H27FIN7. The fourth-order valence-electron chi connectivity index (χ4n) is 3.05. The van der Waals surface area contributed by atoms with Crippen molar-refractivity contribution in [1.29, 1.82) is 0 Å². The quantitative estimate of drug-likeness (QED) is 0.385. The number of aromatic nitrogens is 4. The second-order valence-corrected chi connectivity index (χ2v) is 6.65. The van der Waals surface area contributed by atoms with Crippen LogP contribution in [0.3, 0.4) is 0 Å². The SMILES string of the molecule is Cc1nnc(CNC(=NCc2ncccc2F)NC2CCCCC2)n1C.I. The third-order valence-electron chi connectivity index (χ3n) is 4.76. The van der Waals surface area contributed by atoms with Crippen molar-refractivity contribution < 1.29 is 4.39 Å². The fourth-order valence-corrected chi connectivity index (χ4v) is 3.05. The molecule has 2 aromatic heterocycles. The largest absolute Gasteiger partial charge is 0.354 e. The first-order chi connectivity index (χ1) is 12.6. The molecule has 0 aliphatic heterocycles. The number of rotatable bonds is 5. The Hall–Kier alpha value is -1.78. The lowest BCUT2D eigenvalue weighted by Gasteiger charge is -2.25. The van der Waals surface area contributed by atoms with Crippen LogP contribution in [0.15, 0.2) is 23.3 Å². The molecule has 0 amide bonds. The van der Waals surface area contributed by atoms with Gasteiger partial charge in [0.2, 0.25) is 0 Å². The molecule has 2 heterocycles. The van der Waals surface area contributed by atoms with Crippen LogP contribution in [0.4, 0.5) is 4.39 Å². The Morgan fingerprint density at radius 3 is 2.74 bits per heavy atom. The van der Waals surface area contributed by atoms with Crippen LogP contribution in [0.25, 0.3) is 0 Å². The van der Waals surface area contributed by atoms with Crippen molar-refractivity contribution in [2.24, 2.45) is 12.0 Å². The van der Waals surface area contributed by atoms with Crippen LogP contribution in [0.5, 0.6) is 0 Å². The first kappa shape index (κ1) is 21.5. The number of aliphatic imine (C=N–C) groups is 1. The molecule has 3 rings (SSSR count). The molecule has 1 aliphatic rings. The van der Waals surface area contributed by atoms with E-state index in [1.54, 1.807) is 12.3 Å². The maximum atomic E-state index is 13.8. The number of pyridine rings is 1. The van der Waals surface area contributed by atoms with Gasteiger partial charge in [-0.1, -0.05) is 19.3 Å². The van der Waals surface area contributed by atoms with Gasteiger partial charge in [-0.05, 0) is 31.9 Å². The van der Waals surface area contributed by atoms with Crippen LogP contribution in [0, 0.1) is 12.7 Å². The van der Waals surface area contributed by atoms with E-state index in [0.29, 0.717) is 24.2 Å². The minimum Gasteiger partial charge on any atom is -0.354 e. The van der Waals surface area contributed by atoms with Crippen molar-refractivity contribution in [3.05, 3.63) is 41.5 Å². The lowest BCUT2D eigenvalue weighted by Crippen LogP contribution is -2.44. The second-order valence-electron chi connectivity index (χ2n) is 6.65. The molecule has 2 N–H and O–H groups in total. The number of hydrogen-bond donors (Lipinski definition) is 2. The summed E-state index contributed by atoms with van der Waals surface area (Å²) in [7, 11) is 1.93. The maximum absolute atomic E-state index is 13.8. The van der Waals surface area contributed by atoms with E-state index in [4.69, 9.17) is 0 Å². The van der Waals surface area contributed by atoms with Crippen molar-refractivity contribution in [2.75, 3.05) is 0 Å². The average Bonchev–Trinajstić information content (AvgIpc) is 2.98. The number of guanidine groups is 1. The molecule has 2 aromatic rings. The molecule has 0 saturated heterocycles. The Balaban J connectivity index is 0.00000261. The number of aryl methyl sites for hydroxylation is 1. The Kier molecular flexibility index (Phi) is 8.39. The van der Waals surface area contributed by atoms with Crippen molar-refractivity contribution in [3.63, 3.8) is 0 Å². The molecular weight excluding hydrogens is 460 g/mol. The summed E-state index contributed by atoms with van der Waals surface area (Å²) in [5.41, 5.74) is 0.340. The minimum atomic E-state index is -0.336. The summed E-state index contributed by atoms with van der Waals surface area (Å²) in [6.07, 6.45) is 7.57. The first-order valence-electron chi connectivity index (χ1n) is 9.12. The smallest absolute Gasteiger partial charge is 0.192 e. The first-order valence-corrected chi connectivity index (χ1v) is 9.12. The van der Waals surface area contributed by atoms with Crippen molar-refractivity contribution in [2.45, 2.75) is 58.2 Å². The molecule has 1 saturated carbocycles. The van der Waals surface area contributed by atoms with Gasteiger partial charge < -0.3 is 15.2 Å². The molecule has 148 valence electrons. The molecule has 0 atom stereocenters. The zero-order valence-corrected chi connectivity index (χ0v) is 18.1. The van der Waals surface area contributed by atoms with Crippen LogP contribution < -0.4 is 10.6 Å². The molecule has 0 aromatic carbocycles. The number of hydrogen-bond acceptors (Lipinski definition) is 4. The summed E-state index contributed by atoms with van der Waals surface area (Å²) < 4.78 is 15.7. The maximum Gasteiger partial charge on any atom is 0.192 e. The summed E-state index contributed by atoms with van der Waals surface area (Å²) in [5.74, 6) is 2.00. The molecule has 0 bridgehead atoms. The number of halogens is 2. The van der Waals surface area contributed by atoms with E-state index in [1.807, 2.05) is 18.5 Å². The lowest BCUT2D eigenvalue weighted by atomic mass is 9.96. The van der Waals surface area contributed by atoms with Crippen LogP contribution in [-0.2, 0) is 20.1 Å². The van der Waals surface area contributed by atoms with E-state index in [9.17, 15) is 4.39 Å². The third kappa shape index (κ3) is 6.12. The zero-order valence-electron chi connectivity index (χ0n) is 15.8. The highest BCUT2D eigenvalue weighted by atomic mass is 127. The normalized spacial score (nSPS) is 15.3. The Bertz CT molecular complexity index is 756. The topological polar surface area (TPSA) is 80.0 Å². The van der Waals surface area contributed by atoms with Crippen molar-refractivity contribution in [1.82, 2.24) is 30.4 Å². The van der Waals surface area contributed by atoms with Gasteiger partial charge in [-0.15, -0.1) is 34.2 Å². The van der Waals surface area contributed by atoms with Gasteiger partial charge in [0.25, 0.3) is 0 Å². The predicted octanol–water partition coefficient (Wildman–Crippen LogP) is 2.84. The highest BCUT2D eigenvalue weighted by Gasteiger charge is 2.15. The minimum absolute atomic E-state index is 0. The van der Waals surface area contributed by atoms with Crippen molar-refractivity contribution in [3.8, 4) is 0 Å². The molecule has 0 spiro atoms. The van der Waals surface area contributed by atoms with E-state index in [2.05, 4.69) is 30.8 Å². The monoisotopic (exact) mass is 487 g/mol. The highest BCUT2D eigenvalue weighted by molar-refractivity contribution is 14.0. The summed E-state index contributed by atoms with van der Waals surface area (Å²) in [5, 5.41) is 15.0. The molecule has 27 heavy (non-hydrogen) atoms.